The standard InChI is InChI=1S/C21H33N3O2/c1-18-5-7-19(8-6-18)14-22(2)17-21(25)24-9-3-4-20(16-24)15-23-10-12-26-13-11-23/h5-8,20H,3-4,9-17H2,1-2H3. The first kappa shape index (κ1) is 19.3. The zero-order valence-electron chi connectivity index (χ0n) is 16.3. The first-order valence-corrected chi connectivity index (χ1v) is 9.92. The highest BCUT2D eigenvalue weighted by atomic mass is 16.5. The van der Waals surface area contributed by atoms with E-state index in [2.05, 4.69) is 45.9 Å². The summed E-state index contributed by atoms with van der Waals surface area (Å²) in [5, 5.41) is 0. The van der Waals surface area contributed by atoms with Gasteiger partial charge in [-0.3, -0.25) is 14.6 Å². The Labute approximate surface area is 157 Å². The number of hydrogen-bond donors (Lipinski definition) is 0. The summed E-state index contributed by atoms with van der Waals surface area (Å²) in [5.41, 5.74) is 2.53. The highest BCUT2D eigenvalue weighted by Crippen LogP contribution is 2.19. The SMILES string of the molecule is Cc1ccc(CN(C)CC(=O)N2CCCC(CN3CCOCC3)C2)cc1. The van der Waals surface area contributed by atoms with Gasteiger partial charge in [0.1, 0.15) is 0 Å². The molecule has 0 spiro atoms. The third kappa shape index (κ3) is 5.79. The Balaban J connectivity index is 1.44. The van der Waals surface area contributed by atoms with E-state index in [-0.39, 0.29) is 5.91 Å². The molecule has 0 radical (unpaired) electrons. The third-order valence-electron chi connectivity index (χ3n) is 5.47. The second-order valence-electron chi connectivity index (χ2n) is 7.92. The molecule has 0 aliphatic carbocycles. The van der Waals surface area contributed by atoms with Crippen LogP contribution in [0.4, 0.5) is 0 Å². The molecule has 1 aromatic carbocycles. The molecule has 5 heteroatoms. The van der Waals surface area contributed by atoms with Crippen LogP contribution in [-0.2, 0) is 16.1 Å². The number of amides is 1. The molecule has 144 valence electrons. The summed E-state index contributed by atoms with van der Waals surface area (Å²) in [4.78, 5) is 19.4. The largest absolute Gasteiger partial charge is 0.379 e. The van der Waals surface area contributed by atoms with E-state index < -0.39 is 0 Å². The predicted octanol–water partition coefficient (Wildman–Crippen LogP) is 2.00. The number of rotatable bonds is 6. The maximum atomic E-state index is 12.7. The van der Waals surface area contributed by atoms with Crippen molar-refractivity contribution in [1.29, 1.82) is 0 Å². The van der Waals surface area contributed by atoms with Crippen molar-refractivity contribution in [3.05, 3.63) is 35.4 Å². The zero-order valence-corrected chi connectivity index (χ0v) is 16.3. The first-order chi connectivity index (χ1) is 12.6. The summed E-state index contributed by atoms with van der Waals surface area (Å²) in [6.45, 7) is 10.1. The van der Waals surface area contributed by atoms with Gasteiger partial charge in [-0.15, -0.1) is 0 Å². The smallest absolute Gasteiger partial charge is 0.236 e. The Morgan fingerprint density at radius 1 is 1.19 bits per heavy atom. The molecule has 0 saturated carbocycles. The summed E-state index contributed by atoms with van der Waals surface area (Å²) in [5.74, 6) is 0.875. The summed E-state index contributed by atoms with van der Waals surface area (Å²) in [7, 11) is 2.03. The van der Waals surface area contributed by atoms with Gasteiger partial charge in [-0.1, -0.05) is 29.8 Å². The van der Waals surface area contributed by atoms with Crippen LogP contribution in [0.5, 0.6) is 0 Å². The maximum Gasteiger partial charge on any atom is 0.236 e. The normalized spacial score (nSPS) is 22.0. The molecule has 0 aromatic heterocycles. The molecule has 2 aliphatic rings. The highest BCUT2D eigenvalue weighted by Gasteiger charge is 2.26. The molecule has 2 heterocycles. The number of morpholine rings is 1. The van der Waals surface area contributed by atoms with E-state index in [1.54, 1.807) is 0 Å². The van der Waals surface area contributed by atoms with Crippen LogP contribution >= 0.6 is 0 Å². The van der Waals surface area contributed by atoms with E-state index in [0.29, 0.717) is 12.5 Å². The number of likely N-dealkylation sites (tertiary alicyclic amines) is 1. The average Bonchev–Trinajstić information content (AvgIpc) is 2.64. The van der Waals surface area contributed by atoms with Gasteiger partial charge in [0, 0.05) is 39.3 Å². The van der Waals surface area contributed by atoms with Crippen molar-refractivity contribution in [2.24, 2.45) is 5.92 Å². The zero-order chi connectivity index (χ0) is 18.4. The number of piperidine rings is 1. The van der Waals surface area contributed by atoms with Crippen LogP contribution in [0.25, 0.3) is 0 Å². The molecule has 26 heavy (non-hydrogen) atoms. The minimum atomic E-state index is 0.270. The third-order valence-corrected chi connectivity index (χ3v) is 5.47. The number of carbonyl (C=O) groups is 1. The fourth-order valence-electron chi connectivity index (χ4n) is 3.98. The quantitative estimate of drug-likeness (QED) is 0.778. The van der Waals surface area contributed by atoms with Crippen LogP contribution in [-0.4, -0.2) is 80.1 Å². The fourth-order valence-corrected chi connectivity index (χ4v) is 3.98. The second-order valence-corrected chi connectivity index (χ2v) is 7.92. The van der Waals surface area contributed by atoms with Crippen LogP contribution in [0, 0.1) is 12.8 Å². The van der Waals surface area contributed by atoms with Gasteiger partial charge in [-0.25, -0.2) is 0 Å². The van der Waals surface area contributed by atoms with Gasteiger partial charge in [0.2, 0.25) is 5.91 Å². The van der Waals surface area contributed by atoms with E-state index in [1.807, 2.05) is 7.05 Å². The average molecular weight is 360 g/mol. The first-order valence-electron chi connectivity index (χ1n) is 9.92. The number of likely N-dealkylation sites (N-methyl/N-ethyl adjacent to an activating group) is 1. The van der Waals surface area contributed by atoms with E-state index in [4.69, 9.17) is 4.74 Å². The minimum absolute atomic E-state index is 0.270. The number of nitrogens with zero attached hydrogens (tertiary/aromatic N) is 3. The summed E-state index contributed by atoms with van der Waals surface area (Å²) >= 11 is 0. The monoisotopic (exact) mass is 359 g/mol. The van der Waals surface area contributed by atoms with Gasteiger partial charge in [-0.05, 0) is 38.3 Å². The molecule has 2 fully saturated rings. The van der Waals surface area contributed by atoms with Crippen LogP contribution in [0.2, 0.25) is 0 Å². The van der Waals surface area contributed by atoms with Crippen LogP contribution in [0.3, 0.4) is 0 Å². The lowest BCUT2D eigenvalue weighted by Gasteiger charge is -2.37. The fraction of sp³-hybridized carbons (Fsp3) is 0.667. The summed E-state index contributed by atoms with van der Waals surface area (Å²) in [6, 6.07) is 8.56. The molecule has 0 bridgehead atoms. The molecule has 1 atom stereocenters. The van der Waals surface area contributed by atoms with Gasteiger partial charge in [0.05, 0.1) is 19.8 Å². The van der Waals surface area contributed by atoms with Crippen LogP contribution < -0.4 is 0 Å². The molecule has 1 amide bonds. The maximum absolute atomic E-state index is 12.7. The number of benzene rings is 1. The molecule has 2 saturated heterocycles. The van der Waals surface area contributed by atoms with Crippen molar-refractivity contribution < 1.29 is 9.53 Å². The van der Waals surface area contributed by atoms with Crippen LogP contribution in [0.1, 0.15) is 24.0 Å². The molecule has 5 nitrogen and oxygen atoms in total. The van der Waals surface area contributed by atoms with Gasteiger partial charge < -0.3 is 9.64 Å². The highest BCUT2D eigenvalue weighted by molar-refractivity contribution is 5.78. The Kier molecular flexibility index (Phi) is 7.06. The van der Waals surface area contributed by atoms with E-state index in [9.17, 15) is 4.79 Å². The van der Waals surface area contributed by atoms with Crippen LogP contribution in [0.15, 0.2) is 24.3 Å². The lowest BCUT2D eigenvalue weighted by atomic mass is 9.97. The Bertz CT molecular complexity index is 569. The van der Waals surface area contributed by atoms with Gasteiger partial charge in [0.15, 0.2) is 0 Å². The van der Waals surface area contributed by atoms with Gasteiger partial charge in [0.25, 0.3) is 0 Å². The lowest BCUT2D eigenvalue weighted by molar-refractivity contribution is -0.134. The van der Waals surface area contributed by atoms with Crippen molar-refractivity contribution in [3.63, 3.8) is 0 Å². The van der Waals surface area contributed by atoms with E-state index in [0.717, 1.165) is 58.9 Å². The van der Waals surface area contributed by atoms with Gasteiger partial charge in [-0.2, -0.15) is 0 Å². The molecule has 1 aromatic rings. The molecular formula is C21H33N3O2. The summed E-state index contributed by atoms with van der Waals surface area (Å²) < 4.78 is 5.44. The predicted molar refractivity (Wildman–Crippen MR) is 104 cm³/mol. The molecule has 0 N–H and O–H groups in total. The molecular weight excluding hydrogens is 326 g/mol. The molecule has 2 aliphatic heterocycles. The van der Waals surface area contributed by atoms with Crippen molar-refractivity contribution in [3.8, 4) is 0 Å². The van der Waals surface area contributed by atoms with Crippen molar-refractivity contribution in [2.45, 2.75) is 26.3 Å². The lowest BCUT2D eigenvalue weighted by Crippen LogP contribution is -2.48. The van der Waals surface area contributed by atoms with Gasteiger partial charge >= 0.3 is 0 Å². The molecule has 1 unspecified atom stereocenters. The topological polar surface area (TPSA) is 36.0 Å². The number of ether oxygens (including phenoxy) is 1. The van der Waals surface area contributed by atoms with Crippen molar-refractivity contribution in [2.75, 3.05) is 59.5 Å². The summed E-state index contributed by atoms with van der Waals surface area (Å²) in [6.07, 6.45) is 2.36. The number of hydrogen-bond acceptors (Lipinski definition) is 4. The Morgan fingerprint density at radius 2 is 1.92 bits per heavy atom. The Hall–Kier alpha value is -1.43. The van der Waals surface area contributed by atoms with Crippen molar-refractivity contribution in [1.82, 2.24) is 14.7 Å². The number of carbonyl (C=O) groups excluding carboxylic acids is 1. The molecule has 3 rings (SSSR count). The minimum Gasteiger partial charge on any atom is -0.379 e. The van der Waals surface area contributed by atoms with E-state index >= 15 is 0 Å². The Morgan fingerprint density at radius 3 is 2.65 bits per heavy atom. The second kappa shape index (κ2) is 9.49. The van der Waals surface area contributed by atoms with E-state index in [1.165, 1.54) is 17.5 Å². The number of aryl methyl sites for hydroxylation is 1. The van der Waals surface area contributed by atoms with Crippen molar-refractivity contribution >= 4 is 5.91 Å².